The Labute approximate surface area is 137 Å². The van der Waals surface area contributed by atoms with Crippen molar-refractivity contribution in [1.82, 2.24) is 14.5 Å². The molecule has 5 nitrogen and oxygen atoms in total. The van der Waals surface area contributed by atoms with Crippen molar-refractivity contribution in [2.45, 2.75) is 51.7 Å². The highest BCUT2D eigenvalue weighted by atomic mass is 16.6. The van der Waals surface area contributed by atoms with Crippen molar-refractivity contribution in [2.24, 2.45) is 7.05 Å². The second-order valence-corrected chi connectivity index (χ2v) is 7.20. The van der Waals surface area contributed by atoms with Crippen molar-refractivity contribution in [3.8, 4) is 0 Å². The molecule has 3 rings (SSSR count). The van der Waals surface area contributed by atoms with E-state index in [1.165, 1.54) is 0 Å². The van der Waals surface area contributed by atoms with Crippen LogP contribution in [-0.4, -0.2) is 32.7 Å². The predicted octanol–water partition coefficient (Wildman–Crippen LogP) is 4.04. The fourth-order valence-corrected chi connectivity index (χ4v) is 3.20. The normalized spacial score (nSPS) is 19.1. The van der Waals surface area contributed by atoms with E-state index < -0.39 is 5.60 Å². The second-order valence-electron chi connectivity index (χ2n) is 7.20. The summed E-state index contributed by atoms with van der Waals surface area (Å²) in [5.41, 5.74) is 1.59. The van der Waals surface area contributed by atoms with Crippen LogP contribution in [0.15, 0.2) is 24.3 Å². The highest BCUT2D eigenvalue weighted by molar-refractivity contribution is 5.76. The number of aryl methyl sites for hydroxylation is 1. The Bertz CT molecular complexity index is 715. The van der Waals surface area contributed by atoms with E-state index >= 15 is 0 Å². The molecule has 0 bridgehead atoms. The Hall–Kier alpha value is -2.04. The molecule has 1 atom stereocenters. The zero-order chi connectivity index (χ0) is 16.6. The Morgan fingerprint density at radius 2 is 2.00 bits per heavy atom. The standard InChI is InChI=1S/C18H25N3O2/c1-18(2,3)23-17(22)21-12-8-7-11-15(21)16-19-13-9-5-6-10-14(13)20(16)4/h5-6,9-10,15H,7-8,11-12H2,1-4H3. The fraction of sp³-hybridized carbons (Fsp3) is 0.556. The minimum Gasteiger partial charge on any atom is -0.444 e. The summed E-state index contributed by atoms with van der Waals surface area (Å²) in [7, 11) is 2.02. The molecule has 1 amide bonds. The Kier molecular flexibility index (Phi) is 4.04. The molecule has 1 aliphatic rings. The van der Waals surface area contributed by atoms with Crippen molar-refractivity contribution in [3.05, 3.63) is 30.1 Å². The lowest BCUT2D eigenvalue weighted by Gasteiger charge is -2.36. The van der Waals surface area contributed by atoms with Crippen LogP contribution in [0, 0.1) is 0 Å². The number of benzene rings is 1. The second kappa shape index (κ2) is 5.87. The monoisotopic (exact) mass is 315 g/mol. The van der Waals surface area contributed by atoms with E-state index in [0.29, 0.717) is 0 Å². The van der Waals surface area contributed by atoms with Crippen molar-refractivity contribution < 1.29 is 9.53 Å². The van der Waals surface area contributed by atoms with Crippen LogP contribution in [0.4, 0.5) is 4.79 Å². The smallest absolute Gasteiger partial charge is 0.410 e. The number of imidazole rings is 1. The van der Waals surface area contributed by atoms with E-state index in [4.69, 9.17) is 9.72 Å². The molecule has 5 heteroatoms. The van der Waals surface area contributed by atoms with Crippen LogP contribution in [0.1, 0.15) is 51.9 Å². The van der Waals surface area contributed by atoms with E-state index in [1.54, 1.807) is 0 Å². The quantitative estimate of drug-likeness (QED) is 0.798. The minimum absolute atomic E-state index is 0.0176. The largest absolute Gasteiger partial charge is 0.444 e. The van der Waals surface area contributed by atoms with Crippen molar-refractivity contribution in [1.29, 1.82) is 0 Å². The number of ether oxygens (including phenoxy) is 1. The first kappa shape index (κ1) is 15.8. The van der Waals surface area contributed by atoms with Gasteiger partial charge in [-0.25, -0.2) is 9.78 Å². The first-order chi connectivity index (χ1) is 10.9. The molecule has 0 N–H and O–H groups in total. The lowest BCUT2D eigenvalue weighted by atomic mass is 10.0. The van der Waals surface area contributed by atoms with Crippen molar-refractivity contribution >= 4 is 17.1 Å². The molecular formula is C18H25N3O2. The topological polar surface area (TPSA) is 47.4 Å². The molecule has 124 valence electrons. The van der Waals surface area contributed by atoms with Crippen LogP contribution in [0.3, 0.4) is 0 Å². The lowest BCUT2D eigenvalue weighted by molar-refractivity contribution is 0.00819. The summed E-state index contributed by atoms with van der Waals surface area (Å²) in [5.74, 6) is 0.941. The Morgan fingerprint density at radius 3 is 2.70 bits per heavy atom. The maximum Gasteiger partial charge on any atom is 0.410 e. The van der Waals surface area contributed by atoms with E-state index in [2.05, 4.69) is 10.6 Å². The molecule has 23 heavy (non-hydrogen) atoms. The van der Waals surface area contributed by atoms with E-state index in [-0.39, 0.29) is 12.1 Å². The zero-order valence-corrected chi connectivity index (χ0v) is 14.4. The van der Waals surface area contributed by atoms with Gasteiger partial charge < -0.3 is 9.30 Å². The number of amides is 1. The molecule has 1 aliphatic heterocycles. The summed E-state index contributed by atoms with van der Waals surface area (Å²) >= 11 is 0. The molecule has 1 saturated heterocycles. The summed E-state index contributed by atoms with van der Waals surface area (Å²) < 4.78 is 7.69. The molecule has 0 radical (unpaired) electrons. The maximum absolute atomic E-state index is 12.6. The molecule has 0 saturated carbocycles. The van der Waals surface area contributed by atoms with Crippen molar-refractivity contribution in [3.63, 3.8) is 0 Å². The zero-order valence-electron chi connectivity index (χ0n) is 14.4. The van der Waals surface area contributed by atoms with Gasteiger partial charge in [0.25, 0.3) is 0 Å². The van der Waals surface area contributed by atoms with Crippen LogP contribution in [-0.2, 0) is 11.8 Å². The van der Waals surface area contributed by atoms with E-state index in [1.807, 2.05) is 50.9 Å². The van der Waals surface area contributed by atoms with Crippen molar-refractivity contribution in [2.75, 3.05) is 6.54 Å². The number of para-hydroxylation sites is 2. The molecule has 1 fully saturated rings. The number of aromatic nitrogens is 2. The SMILES string of the molecule is Cn1c(C2CCCCN2C(=O)OC(C)(C)C)nc2ccccc21. The van der Waals surface area contributed by atoms with Gasteiger partial charge in [0, 0.05) is 13.6 Å². The molecule has 1 aromatic carbocycles. The molecule has 0 aliphatic carbocycles. The van der Waals surface area contributed by atoms with Crippen LogP contribution in [0.2, 0.25) is 0 Å². The summed E-state index contributed by atoms with van der Waals surface area (Å²) in [6.07, 6.45) is 2.80. The number of fused-ring (bicyclic) bond motifs is 1. The Balaban J connectivity index is 1.94. The molecule has 2 heterocycles. The average Bonchev–Trinajstić information content (AvgIpc) is 2.83. The lowest BCUT2D eigenvalue weighted by Crippen LogP contribution is -2.42. The molecular weight excluding hydrogens is 290 g/mol. The van der Waals surface area contributed by atoms with E-state index in [9.17, 15) is 4.79 Å². The number of hydrogen-bond donors (Lipinski definition) is 0. The highest BCUT2D eigenvalue weighted by Gasteiger charge is 2.34. The van der Waals surface area contributed by atoms with Gasteiger partial charge in [-0.15, -0.1) is 0 Å². The number of piperidine rings is 1. The Morgan fingerprint density at radius 1 is 1.26 bits per heavy atom. The van der Waals surface area contributed by atoms with Crippen LogP contribution in [0.25, 0.3) is 11.0 Å². The average molecular weight is 315 g/mol. The third-order valence-electron chi connectivity index (χ3n) is 4.25. The van der Waals surface area contributed by atoms with E-state index in [0.717, 1.165) is 42.7 Å². The number of rotatable bonds is 1. The summed E-state index contributed by atoms with van der Waals surface area (Å²) in [5, 5.41) is 0. The molecule has 0 spiro atoms. The molecule has 1 unspecified atom stereocenters. The number of carbonyl (C=O) groups is 1. The van der Waals surface area contributed by atoms with Gasteiger partial charge in [-0.2, -0.15) is 0 Å². The summed E-state index contributed by atoms with van der Waals surface area (Å²) in [6.45, 7) is 6.43. The number of likely N-dealkylation sites (tertiary alicyclic amines) is 1. The number of nitrogens with zero attached hydrogens (tertiary/aromatic N) is 3. The first-order valence-corrected chi connectivity index (χ1v) is 8.28. The van der Waals surface area contributed by atoms with Crippen LogP contribution in [0.5, 0.6) is 0 Å². The third kappa shape index (κ3) is 3.19. The first-order valence-electron chi connectivity index (χ1n) is 8.28. The van der Waals surface area contributed by atoms with Crippen LogP contribution < -0.4 is 0 Å². The predicted molar refractivity (Wildman–Crippen MR) is 90.2 cm³/mol. The number of carbonyl (C=O) groups excluding carboxylic acids is 1. The summed E-state index contributed by atoms with van der Waals surface area (Å²) in [4.78, 5) is 19.2. The minimum atomic E-state index is -0.481. The van der Waals surface area contributed by atoms with Gasteiger partial charge in [0.05, 0.1) is 17.1 Å². The van der Waals surface area contributed by atoms with Gasteiger partial charge in [0.2, 0.25) is 0 Å². The third-order valence-corrected chi connectivity index (χ3v) is 4.25. The fourth-order valence-electron chi connectivity index (χ4n) is 3.20. The molecule has 1 aromatic heterocycles. The van der Waals surface area contributed by atoms with Crippen LogP contribution >= 0.6 is 0 Å². The van der Waals surface area contributed by atoms with Gasteiger partial charge in [0.15, 0.2) is 0 Å². The van der Waals surface area contributed by atoms with Gasteiger partial charge in [-0.1, -0.05) is 12.1 Å². The van der Waals surface area contributed by atoms with Gasteiger partial charge in [-0.3, -0.25) is 4.90 Å². The van der Waals surface area contributed by atoms with Gasteiger partial charge >= 0.3 is 6.09 Å². The number of hydrogen-bond acceptors (Lipinski definition) is 3. The van der Waals surface area contributed by atoms with Gasteiger partial charge in [0.1, 0.15) is 11.4 Å². The maximum atomic E-state index is 12.6. The molecule has 2 aromatic rings. The van der Waals surface area contributed by atoms with Gasteiger partial charge in [-0.05, 0) is 52.2 Å². The highest BCUT2D eigenvalue weighted by Crippen LogP contribution is 2.33. The summed E-state index contributed by atoms with van der Waals surface area (Å²) in [6, 6.07) is 8.06.